The van der Waals surface area contributed by atoms with Crippen LogP contribution in [0.2, 0.25) is 0 Å². The van der Waals surface area contributed by atoms with Gasteiger partial charge in [-0.2, -0.15) is 0 Å². The van der Waals surface area contributed by atoms with Crippen LogP contribution in [-0.4, -0.2) is 34.6 Å². The van der Waals surface area contributed by atoms with E-state index in [-0.39, 0.29) is 5.92 Å². The minimum Gasteiger partial charge on any atom is -0.365 e. The monoisotopic (exact) mass is 439 g/mol. The van der Waals surface area contributed by atoms with Crippen molar-refractivity contribution in [2.24, 2.45) is 17.6 Å². The van der Waals surface area contributed by atoms with Gasteiger partial charge in [-0.15, -0.1) is 11.3 Å². The average Bonchev–Trinajstić information content (AvgIpc) is 3.18. The van der Waals surface area contributed by atoms with Gasteiger partial charge in [0.25, 0.3) is 17.7 Å². The maximum absolute atomic E-state index is 13.3. The number of amides is 4. The largest absolute Gasteiger partial charge is 0.365 e. The van der Waals surface area contributed by atoms with Gasteiger partial charge in [-0.3, -0.25) is 24.1 Å². The van der Waals surface area contributed by atoms with E-state index in [1.54, 1.807) is 38.1 Å². The minimum absolute atomic E-state index is 0.296. The van der Waals surface area contributed by atoms with Gasteiger partial charge >= 0.3 is 0 Å². The van der Waals surface area contributed by atoms with Gasteiger partial charge in [-0.1, -0.05) is 32.9 Å². The van der Waals surface area contributed by atoms with Gasteiger partial charge in [-0.05, 0) is 48.8 Å². The molecule has 3 N–H and O–H groups in total. The summed E-state index contributed by atoms with van der Waals surface area (Å²) in [6.45, 7) is 5.72. The van der Waals surface area contributed by atoms with E-state index in [4.69, 9.17) is 5.73 Å². The molecule has 8 heteroatoms. The van der Waals surface area contributed by atoms with Crippen molar-refractivity contribution in [3.8, 4) is 0 Å². The van der Waals surface area contributed by atoms with Crippen LogP contribution >= 0.6 is 11.3 Å². The number of nitrogens with zero attached hydrogens (tertiary/aromatic N) is 1. The molecule has 0 saturated heterocycles. The molecule has 2 atom stereocenters. The molecule has 1 aromatic carbocycles. The number of nitrogens with one attached hydrogen (secondary N) is 1. The second-order valence-electron chi connectivity index (χ2n) is 8.62. The Hall–Kier alpha value is -3.00. The third-order valence-corrected chi connectivity index (χ3v) is 7.17. The van der Waals surface area contributed by atoms with Crippen LogP contribution in [0.3, 0.4) is 0 Å². The fourth-order valence-electron chi connectivity index (χ4n) is 4.46. The molecular formula is C23H25N3O4S. The van der Waals surface area contributed by atoms with Crippen molar-refractivity contribution >= 4 is 40.0 Å². The van der Waals surface area contributed by atoms with Crippen molar-refractivity contribution in [2.45, 2.75) is 46.1 Å². The predicted molar refractivity (Wildman–Crippen MR) is 118 cm³/mol. The van der Waals surface area contributed by atoms with E-state index in [9.17, 15) is 19.2 Å². The highest BCUT2D eigenvalue weighted by Crippen LogP contribution is 2.40. The predicted octanol–water partition coefficient (Wildman–Crippen LogP) is 3.23. The molecule has 0 unspecified atom stereocenters. The number of benzene rings is 1. The van der Waals surface area contributed by atoms with Gasteiger partial charge in [0.1, 0.15) is 11.0 Å². The summed E-state index contributed by atoms with van der Waals surface area (Å²) in [5.41, 5.74) is 7.50. The standard InChI is InChI=1S/C23H25N3O4S/c1-11(2)18(26-22(29)13-6-4-5-7-14(13)23(26)30)20(28)25-21-17(19(24)27)15-9-8-12(3)10-16(15)31-21/h4-7,11-12,18H,8-10H2,1-3H3,(H2,24,27)(H,25,28)/t12-,18+/m0/s1. The second-order valence-corrected chi connectivity index (χ2v) is 9.73. The van der Waals surface area contributed by atoms with Crippen LogP contribution in [0.1, 0.15) is 68.7 Å². The summed E-state index contributed by atoms with van der Waals surface area (Å²) in [7, 11) is 0. The molecule has 7 nitrogen and oxygen atoms in total. The zero-order chi connectivity index (χ0) is 22.4. The Kier molecular flexibility index (Phi) is 5.43. The summed E-state index contributed by atoms with van der Waals surface area (Å²) in [4.78, 5) is 53.5. The number of carbonyl (C=O) groups is 4. The number of carbonyl (C=O) groups excluding carboxylic acids is 4. The van der Waals surface area contributed by atoms with E-state index in [1.807, 2.05) is 0 Å². The lowest BCUT2D eigenvalue weighted by atomic mass is 9.88. The zero-order valence-electron chi connectivity index (χ0n) is 17.7. The van der Waals surface area contributed by atoms with Crippen molar-refractivity contribution in [1.82, 2.24) is 4.90 Å². The number of hydrogen-bond donors (Lipinski definition) is 2. The molecule has 4 amide bonds. The molecule has 2 heterocycles. The zero-order valence-corrected chi connectivity index (χ0v) is 18.5. The fraction of sp³-hybridized carbons (Fsp3) is 0.391. The lowest BCUT2D eigenvalue weighted by molar-refractivity contribution is -0.121. The number of hydrogen-bond acceptors (Lipinski definition) is 5. The Bertz CT molecular complexity index is 1070. The number of anilines is 1. The smallest absolute Gasteiger partial charge is 0.262 e. The number of fused-ring (bicyclic) bond motifs is 2. The SMILES string of the molecule is CC(C)[C@H](C(=O)Nc1sc2c(c1C(N)=O)CC[C@H](C)C2)N1C(=O)c2ccccc2C1=O. The molecule has 31 heavy (non-hydrogen) atoms. The summed E-state index contributed by atoms with van der Waals surface area (Å²) in [5, 5.41) is 3.22. The van der Waals surface area contributed by atoms with E-state index < -0.39 is 29.7 Å². The summed E-state index contributed by atoms with van der Waals surface area (Å²) >= 11 is 1.36. The van der Waals surface area contributed by atoms with Crippen molar-refractivity contribution in [1.29, 1.82) is 0 Å². The second kappa shape index (κ2) is 7.92. The molecule has 2 aliphatic rings. The highest BCUT2D eigenvalue weighted by molar-refractivity contribution is 7.17. The van der Waals surface area contributed by atoms with E-state index in [0.717, 1.165) is 34.6 Å². The van der Waals surface area contributed by atoms with Gasteiger partial charge in [0.05, 0.1) is 16.7 Å². The molecule has 2 aromatic rings. The summed E-state index contributed by atoms with van der Waals surface area (Å²) < 4.78 is 0. The minimum atomic E-state index is -1.01. The van der Waals surface area contributed by atoms with Crippen LogP contribution in [0.15, 0.2) is 24.3 Å². The van der Waals surface area contributed by atoms with Crippen LogP contribution in [-0.2, 0) is 17.6 Å². The lowest BCUT2D eigenvalue weighted by Gasteiger charge is -2.28. The van der Waals surface area contributed by atoms with Gasteiger partial charge in [-0.25, -0.2) is 0 Å². The quantitative estimate of drug-likeness (QED) is 0.697. The Morgan fingerprint density at radius 3 is 2.32 bits per heavy atom. The normalized spacial score (nSPS) is 18.7. The Labute approximate surface area is 184 Å². The Morgan fingerprint density at radius 2 is 1.77 bits per heavy atom. The molecular weight excluding hydrogens is 414 g/mol. The first-order valence-electron chi connectivity index (χ1n) is 10.4. The summed E-state index contributed by atoms with van der Waals surface area (Å²) in [5.74, 6) is -1.87. The number of thiophene rings is 1. The summed E-state index contributed by atoms with van der Waals surface area (Å²) in [6, 6.07) is 5.55. The molecule has 0 saturated carbocycles. The van der Waals surface area contributed by atoms with Crippen LogP contribution in [0, 0.1) is 11.8 Å². The lowest BCUT2D eigenvalue weighted by Crippen LogP contribution is -2.50. The Morgan fingerprint density at radius 1 is 1.16 bits per heavy atom. The Balaban J connectivity index is 1.67. The fourth-order valence-corrected chi connectivity index (χ4v) is 5.88. The van der Waals surface area contributed by atoms with E-state index in [2.05, 4.69) is 12.2 Å². The molecule has 0 spiro atoms. The molecule has 1 aliphatic heterocycles. The molecule has 0 fully saturated rings. The van der Waals surface area contributed by atoms with Gasteiger partial charge in [0.15, 0.2) is 0 Å². The molecule has 1 aromatic heterocycles. The molecule has 162 valence electrons. The third kappa shape index (κ3) is 3.54. The average molecular weight is 440 g/mol. The van der Waals surface area contributed by atoms with Crippen LogP contribution in [0.25, 0.3) is 0 Å². The van der Waals surface area contributed by atoms with Crippen molar-refractivity contribution in [3.63, 3.8) is 0 Å². The van der Waals surface area contributed by atoms with Gasteiger partial charge in [0, 0.05) is 4.88 Å². The molecule has 1 aliphatic carbocycles. The van der Waals surface area contributed by atoms with E-state index in [1.165, 1.54) is 11.3 Å². The maximum atomic E-state index is 13.3. The van der Waals surface area contributed by atoms with E-state index in [0.29, 0.717) is 27.6 Å². The number of nitrogens with two attached hydrogens (primary N) is 1. The van der Waals surface area contributed by atoms with Crippen LogP contribution in [0.5, 0.6) is 0 Å². The van der Waals surface area contributed by atoms with Crippen molar-refractivity contribution < 1.29 is 19.2 Å². The van der Waals surface area contributed by atoms with Gasteiger partial charge < -0.3 is 11.1 Å². The topological polar surface area (TPSA) is 110 Å². The molecule has 0 bridgehead atoms. The highest BCUT2D eigenvalue weighted by Gasteiger charge is 2.44. The number of imide groups is 1. The van der Waals surface area contributed by atoms with E-state index >= 15 is 0 Å². The van der Waals surface area contributed by atoms with Crippen LogP contribution in [0.4, 0.5) is 5.00 Å². The first kappa shape index (κ1) is 21.2. The van der Waals surface area contributed by atoms with Crippen molar-refractivity contribution in [2.75, 3.05) is 5.32 Å². The first-order chi connectivity index (χ1) is 14.7. The van der Waals surface area contributed by atoms with Crippen molar-refractivity contribution in [3.05, 3.63) is 51.4 Å². The van der Waals surface area contributed by atoms with Crippen LogP contribution < -0.4 is 11.1 Å². The highest BCUT2D eigenvalue weighted by atomic mass is 32.1. The third-order valence-electron chi connectivity index (χ3n) is 6.00. The summed E-state index contributed by atoms with van der Waals surface area (Å²) in [6.07, 6.45) is 2.54. The number of primary amides is 1. The number of rotatable bonds is 5. The van der Waals surface area contributed by atoms with Gasteiger partial charge in [0.2, 0.25) is 5.91 Å². The molecule has 4 rings (SSSR count). The molecule has 0 radical (unpaired) electrons. The first-order valence-corrected chi connectivity index (χ1v) is 11.2. The maximum Gasteiger partial charge on any atom is 0.262 e.